The van der Waals surface area contributed by atoms with E-state index in [0.29, 0.717) is 5.92 Å². The fourth-order valence-electron chi connectivity index (χ4n) is 4.93. The molecular formula is C21H26N2OS. The summed E-state index contributed by atoms with van der Waals surface area (Å²) in [6.45, 7) is 6.93. The maximum atomic E-state index is 13.0. The average molecular weight is 355 g/mol. The van der Waals surface area contributed by atoms with E-state index in [-0.39, 0.29) is 17.5 Å². The minimum Gasteiger partial charge on any atom is -0.346 e. The Morgan fingerprint density at radius 3 is 2.60 bits per heavy atom. The summed E-state index contributed by atoms with van der Waals surface area (Å²) in [5.74, 6) is 1.50. The van der Waals surface area contributed by atoms with Crippen molar-refractivity contribution < 1.29 is 4.79 Å². The largest absolute Gasteiger partial charge is 0.346 e. The van der Waals surface area contributed by atoms with Crippen molar-refractivity contribution in [2.45, 2.75) is 57.0 Å². The second-order valence-corrected chi connectivity index (χ2v) is 9.70. The molecule has 2 bridgehead atoms. The third kappa shape index (κ3) is 2.61. The van der Waals surface area contributed by atoms with Crippen LogP contribution >= 0.6 is 11.3 Å². The van der Waals surface area contributed by atoms with E-state index in [0.717, 1.165) is 10.8 Å². The number of thiophene rings is 1. The van der Waals surface area contributed by atoms with Crippen LogP contribution in [0.3, 0.4) is 0 Å². The number of benzene rings is 1. The normalized spacial score (nSPS) is 30.6. The SMILES string of the molecule is CC1(C)[C@@H](NC(=O)c2cc3cc(C4CC4)ccc3s2)C2CCN1CC2. The van der Waals surface area contributed by atoms with Crippen LogP contribution in [0.4, 0.5) is 0 Å². The Balaban J connectivity index is 1.39. The number of carbonyl (C=O) groups excluding carboxylic acids is 1. The highest BCUT2D eigenvalue weighted by atomic mass is 32.1. The Labute approximate surface area is 153 Å². The van der Waals surface area contributed by atoms with Crippen LogP contribution in [0.25, 0.3) is 10.1 Å². The Morgan fingerprint density at radius 2 is 1.92 bits per heavy atom. The number of nitrogens with one attached hydrogen (secondary N) is 1. The van der Waals surface area contributed by atoms with Crippen LogP contribution in [-0.2, 0) is 0 Å². The number of hydrogen-bond acceptors (Lipinski definition) is 3. The lowest BCUT2D eigenvalue weighted by atomic mass is 9.72. The Morgan fingerprint density at radius 1 is 1.16 bits per heavy atom. The van der Waals surface area contributed by atoms with Crippen LogP contribution in [0, 0.1) is 5.92 Å². The van der Waals surface area contributed by atoms with Crippen LogP contribution in [0.1, 0.15) is 60.7 Å². The van der Waals surface area contributed by atoms with Crippen molar-refractivity contribution in [1.29, 1.82) is 0 Å². The van der Waals surface area contributed by atoms with Crippen LogP contribution < -0.4 is 5.32 Å². The van der Waals surface area contributed by atoms with Gasteiger partial charge >= 0.3 is 0 Å². The van der Waals surface area contributed by atoms with Crippen LogP contribution in [-0.4, -0.2) is 35.5 Å². The minimum atomic E-state index is 0.0622. The van der Waals surface area contributed by atoms with E-state index < -0.39 is 0 Å². The first-order chi connectivity index (χ1) is 12.0. The van der Waals surface area contributed by atoms with Gasteiger partial charge in [0, 0.05) is 16.3 Å². The van der Waals surface area contributed by atoms with Crippen molar-refractivity contribution >= 4 is 27.3 Å². The molecule has 3 nitrogen and oxygen atoms in total. The molecule has 6 rings (SSSR count). The molecule has 25 heavy (non-hydrogen) atoms. The van der Waals surface area contributed by atoms with Crippen LogP contribution in [0.5, 0.6) is 0 Å². The zero-order valence-electron chi connectivity index (χ0n) is 15.0. The maximum Gasteiger partial charge on any atom is 0.261 e. The second kappa shape index (κ2) is 5.55. The first-order valence-electron chi connectivity index (χ1n) is 9.62. The lowest BCUT2D eigenvalue weighted by molar-refractivity contribution is -0.0377. The summed E-state index contributed by atoms with van der Waals surface area (Å²) < 4.78 is 1.22. The average Bonchev–Trinajstić information content (AvgIpc) is 3.36. The summed E-state index contributed by atoms with van der Waals surface area (Å²) in [4.78, 5) is 16.4. The summed E-state index contributed by atoms with van der Waals surface area (Å²) in [5, 5.41) is 4.63. The zero-order valence-corrected chi connectivity index (χ0v) is 15.9. The monoisotopic (exact) mass is 354 g/mol. The Hall–Kier alpha value is -1.39. The first kappa shape index (κ1) is 15.8. The Bertz CT molecular complexity index is 828. The molecule has 0 unspecified atom stereocenters. The molecule has 4 heteroatoms. The molecule has 0 spiro atoms. The first-order valence-corrected chi connectivity index (χ1v) is 10.4. The summed E-state index contributed by atoms with van der Waals surface area (Å²) >= 11 is 1.63. The van der Waals surface area contributed by atoms with Gasteiger partial charge in [-0.05, 0) is 87.5 Å². The molecule has 1 N–H and O–H groups in total. The molecule has 4 heterocycles. The standard InChI is InChI=1S/C21H26N2OS/c1-21(2)19(14-7-9-23(21)10-8-14)22-20(24)18-12-16-11-15(13-3-4-13)5-6-17(16)25-18/h5-6,11-14,19H,3-4,7-10H2,1-2H3,(H,22,24)/t19-/m0/s1. The topological polar surface area (TPSA) is 32.3 Å². The molecule has 1 aromatic heterocycles. The predicted molar refractivity (Wildman–Crippen MR) is 103 cm³/mol. The van der Waals surface area contributed by atoms with Gasteiger partial charge in [-0.3, -0.25) is 9.69 Å². The molecule has 132 valence electrons. The van der Waals surface area contributed by atoms with E-state index in [1.54, 1.807) is 11.3 Å². The van der Waals surface area contributed by atoms with Gasteiger partial charge in [-0.1, -0.05) is 12.1 Å². The lowest BCUT2D eigenvalue weighted by Crippen LogP contribution is -2.69. The molecule has 1 saturated carbocycles. The van der Waals surface area contributed by atoms with E-state index in [1.807, 2.05) is 0 Å². The zero-order chi connectivity index (χ0) is 17.2. The lowest BCUT2D eigenvalue weighted by Gasteiger charge is -2.56. The third-order valence-electron chi connectivity index (χ3n) is 6.69. The molecule has 1 aromatic carbocycles. The van der Waals surface area contributed by atoms with Crippen molar-refractivity contribution in [3.8, 4) is 0 Å². The van der Waals surface area contributed by atoms with Gasteiger partial charge < -0.3 is 5.32 Å². The summed E-state index contributed by atoms with van der Waals surface area (Å²) in [6.07, 6.45) is 5.06. The van der Waals surface area contributed by atoms with Gasteiger partial charge in [0.15, 0.2) is 0 Å². The fourth-order valence-corrected chi connectivity index (χ4v) is 5.88. The number of fused-ring (bicyclic) bond motifs is 4. The quantitative estimate of drug-likeness (QED) is 0.887. The van der Waals surface area contributed by atoms with E-state index >= 15 is 0 Å². The molecule has 3 saturated heterocycles. The highest BCUT2D eigenvalue weighted by Crippen LogP contribution is 2.42. The molecule has 1 aliphatic carbocycles. The smallest absolute Gasteiger partial charge is 0.261 e. The number of rotatable bonds is 3. The number of nitrogens with zero attached hydrogens (tertiary/aromatic N) is 1. The van der Waals surface area contributed by atoms with Crippen molar-refractivity contribution in [3.63, 3.8) is 0 Å². The molecule has 4 fully saturated rings. The summed E-state index contributed by atoms with van der Waals surface area (Å²) in [5.41, 5.74) is 1.50. The molecule has 1 atom stereocenters. The number of hydrogen-bond donors (Lipinski definition) is 1. The van der Waals surface area contributed by atoms with Gasteiger partial charge in [0.25, 0.3) is 5.91 Å². The van der Waals surface area contributed by atoms with Gasteiger partial charge in [-0.25, -0.2) is 0 Å². The van der Waals surface area contributed by atoms with Crippen molar-refractivity contribution in [2.75, 3.05) is 13.1 Å². The highest BCUT2D eigenvalue weighted by molar-refractivity contribution is 7.20. The van der Waals surface area contributed by atoms with E-state index in [9.17, 15) is 4.79 Å². The van der Waals surface area contributed by atoms with Crippen molar-refractivity contribution in [2.24, 2.45) is 5.92 Å². The van der Waals surface area contributed by atoms with Crippen LogP contribution in [0.15, 0.2) is 24.3 Å². The molecule has 3 aliphatic heterocycles. The van der Waals surface area contributed by atoms with E-state index in [2.05, 4.69) is 48.3 Å². The summed E-state index contributed by atoms with van der Waals surface area (Å²) in [7, 11) is 0. The highest BCUT2D eigenvalue weighted by Gasteiger charge is 2.48. The van der Waals surface area contributed by atoms with Gasteiger partial charge in [0.05, 0.1) is 4.88 Å². The molecule has 1 amide bonds. The molecular weight excluding hydrogens is 328 g/mol. The second-order valence-electron chi connectivity index (χ2n) is 8.61. The Kier molecular flexibility index (Phi) is 3.52. The molecule has 4 aliphatic rings. The van der Waals surface area contributed by atoms with Gasteiger partial charge in [-0.15, -0.1) is 11.3 Å². The van der Waals surface area contributed by atoms with E-state index in [1.165, 1.54) is 54.4 Å². The van der Waals surface area contributed by atoms with Gasteiger partial charge in [-0.2, -0.15) is 0 Å². The third-order valence-corrected chi connectivity index (χ3v) is 7.80. The number of carbonyl (C=O) groups is 1. The maximum absolute atomic E-state index is 13.0. The predicted octanol–water partition coefficient (Wildman–Crippen LogP) is 4.38. The van der Waals surface area contributed by atoms with Crippen molar-refractivity contribution in [1.82, 2.24) is 10.2 Å². The van der Waals surface area contributed by atoms with Crippen LogP contribution in [0.2, 0.25) is 0 Å². The van der Waals surface area contributed by atoms with Gasteiger partial charge in [0.1, 0.15) is 0 Å². The van der Waals surface area contributed by atoms with Crippen molar-refractivity contribution in [3.05, 3.63) is 34.7 Å². The molecule has 0 radical (unpaired) electrons. The summed E-state index contributed by atoms with van der Waals surface area (Å²) in [6, 6.07) is 9.08. The molecule has 2 aromatic rings. The van der Waals surface area contributed by atoms with E-state index in [4.69, 9.17) is 0 Å². The van der Waals surface area contributed by atoms with Gasteiger partial charge in [0.2, 0.25) is 0 Å². The number of piperidine rings is 3. The fraction of sp³-hybridized carbons (Fsp3) is 0.571. The number of amides is 1. The minimum absolute atomic E-state index is 0.0622.